The van der Waals surface area contributed by atoms with Gasteiger partial charge in [0.1, 0.15) is 4.47 Å². The Morgan fingerprint density at radius 3 is 2.73 bits per heavy atom. The van der Waals surface area contributed by atoms with E-state index in [0.717, 1.165) is 9.35 Å². The first kappa shape index (κ1) is 10.8. The number of hydrogen-bond donors (Lipinski definition) is 2. The van der Waals surface area contributed by atoms with Gasteiger partial charge in [-0.3, -0.25) is 4.79 Å². The Morgan fingerprint density at radius 2 is 2.20 bits per heavy atom. The minimum atomic E-state index is -0.401. The molecule has 2 heterocycles. The third-order valence-corrected chi connectivity index (χ3v) is 4.06. The number of H-pyrrole nitrogens is 1. The number of aromatic amines is 1. The fourth-order valence-corrected chi connectivity index (χ4v) is 2.56. The van der Waals surface area contributed by atoms with E-state index >= 15 is 0 Å². The van der Waals surface area contributed by atoms with Crippen LogP contribution in [0.5, 0.6) is 5.88 Å². The molecule has 0 unspecified atom stereocenters. The summed E-state index contributed by atoms with van der Waals surface area (Å²) in [6.45, 7) is 0. The molecule has 15 heavy (non-hydrogen) atoms. The minimum absolute atomic E-state index is 0.0434. The average Bonchev–Trinajstić information content (AvgIpc) is 2.60. The van der Waals surface area contributed by atoms with Crippen LogP contribution in [0.2, 0.25) is 0 Å². The number of halogens is 2. The molecule has 7 heteroatoms. The molecule has 0 fully saturated rings. The van der Waals surface area contributed by atoms with Gasteiger partial charge in [0.05, 0.1) is 4.88 Å². The summed E-state index contributed by atoms with van der Waals surface area (Å²) in [6, 6.07) is 1.82. The van der Waals surface area contributed by atoms with E-state index in [1.807, 2.05) is 11.4 Å². The third kappa shape index (κ3) is 2.14. The van der Waals surface area contributed by atoms with E-state index in [1.54, 1.807) is 0 Å². The summed E-state index contributed by atoms with van der Waals surface area (Å²) in [5.41, 5.74) is -0.401. The van der Waals surface area contributed by atoms with Gasteiger partial charge in [0.2, 0.25) is 5.88 Å². The van der Waals surface area contributed by atoms with Gasteiger partial charge in [-0.25, -0.2) is 0 Å². The molecule has 0 radical (unpaired) electrons. The molecule has 0 aromatic carbocycles. The van der Waals surface area contributed by atoms with Gasteiger partial charge >= 0.3 is 0 Å². The van der Waals surface area contributed by atoms with Crippen LogP contribution in [0, 0.1) is 0 Å². The van der Waals surface area contributed by atoms with Gasteiger partial charge < -0.3 is 10.1 Å². The monoisotopic (exact) mass is 350 g/mol. The molecule has 2 aromatic heterocycles. The zero-order valence-corrected chi connectivity index (χ0v) is 11.1. The molecule has 78 valence electrons. The zero-order valence-electron chi connectivity index (χ0n) is 7.12. The van der Waals surface area contributed by atoms with E-state index in [9.17, 15) is 9.90 Å². The van der Waals surface area contributed by atoms with Crippen LogP contribution in [0.25, 0.3) is 10.7 Å². The van der Waals surface area contributed by atoms with Crippen molar-refractivity contribution in [3.8, 4) is 16.6 Å². The molecule has 0 atom stereocenters. The number of aromatic nitrogens is 2. The molecule has 0 saturated heterocycles. The lowest BCUT2D eigenvalue weighted by molar-refractivity contribution is 0.448. The standard InChI is InChI=1S/C8H4Br2N2O2S/c9-3-1-4(15-2-3)6-11-7(13)5(10)8(14)12-6/h1-2H,(H2,11,12,13,14). The maximum absolute atomic E-state index is 11.3. The number of nitrogens with zero attached hydrogens (tertiary/aromatic N) is 1. The lowest BCUT2D eigenvalue weighted by Gasteiger charge is -1.98. The SMILES string of the molecule is O=c1[nH]c(-c2cc(Br)cs2)nc(O)c1Br. The highest BCUT2D eigenvalue weighted by Crippen LogP contribution is 2.28. The predicted octanol–water partition coefficient (Wildman–Crippen LogP) is 2.73. The molecule has 0 spiro atoms. The van der Waals surface area contributed by atoms with Crippen molar-refractivity contribution in [2.24, 2.45) is 0 Å². The molecular weight excluding hydrogens is 348 g/mol. The van der Waals surface area contributed by atoms with Gasteiger partial charge in [0.15, 0.2) is 5.82 Å². The van der Waals surface area contributed by atoms with Crippen LogP contribution >= 0.6 is 43.2 Å². The Kier molecular flexibility index (Phi) is 2.94. The average molecular weight is 352 g/mol. The van der Waals surface area contributed by atoms with Gasteiger partial charge in [0.25, 0.3) is 5.56 Å². The number of thiophene rings is 1. The van der Waals surface area contributed by atoms with Crippen molar-refractivity contribution in [1.82, 2.24) is 9.97 Å². The molecule has 0 aliphatic carbocycles. The van der Waals surface area contributed by atoms with Crippen LogP contribution in [0.3, 0.4) is 0 Å². The Bertz CT molecular complexity index is 564. The predicted molar refractivity (Wildman–Crippen MR) is 65.2 cm³/mol. The highest BCUT2D eigenvalue weighted by molar-refractivity contribution is 9.10. The number of nitrogens with one attached hydrogen (secondary N) is 1. The van der Waals surface area contributed by atoms with Crippen LogP contribution in [0.1, 0.15) is 0 Å². The molecule has 0 aliphatic heterocycles. The van der Waals surface area contributed by atoms with E-state index < -0.39 is 5.56 Å². The number of rotatable bonds is 1. The molecule has 4 nitrogen and oxygen atoms in total. The van der Waals surface area contributed by atoms with Gasteiger partial charge in [-0.1, -0.05) is 0 Å². The summed E-state index contributed by atoms with van der Waals surface area (Å²) in [7, 11) is 0. The molecule has 2 N–H and O–H groups in total. The highest BCUT2D eigenvalue weighted by Gasteiger charge is 2.10. The van der Waals surface area contributed by atoms with Crippen molar-refractivity contribution in [2.45, 2.75) is 0 Å². The van der Waals surface area contributed by atoms with Crippen LogP contribution in [0.4, 0.5) is 0 Å². The topological polar surface area (TPSA) is 66.0 Å². The summed E-state index contributed by atoms with van der Waals surface area (Å²) in [5, 5.41) is 11.2. The highest BCUT2D eigenvalue weighted by atomic mass is 79.9. The first-order chi connectivity index (χ1) is 7.08. The normalized spacial score (nSPS) is 10.5. The van der Waals surface area contributed by atoms with Gasteiger partial charge in [-0.05, 0) is 37.9 Å². The van der Waals surface area contributed by atoms with Crippen molar-refractivity contribution >= 4 is 43.2 Å². The van der Waals surface area contributed by atoms with Gasteiger partial charge in [-0.15, -0.1) is 11.3 Å². The van der Waals surface area contributed by atoms with Crippen LogP contribution < -0.4 is 5.56 Å². The quantitative estimate of drug-likeness (QED) is 0.830. The van der Waals surface area contributed by atoms with Crippen LogP contribution in [0.15, 0.2) is 25.2 Å². The lowest BCUT2D eigenvalue weighted by Crippen LogP contribution is -2.09. The molecule has 2 rings (SSSR count). The van der Waals surface area contributed by atoms with Crippen molar-refractivity contribution in [1.29, 1.82) is 0 Å². The third-order valence-electron chi connectivity index (χ3n) is 1.65. The summed E-state index contributed by atoms with van der Waals surface area (Å²) in [4.78, 5) is 18.5. The lowest BCUT2D eigenvalue weighted by atomic mass is 10.4. The molecule has 0 aliphatic rings. The van der Waals surface area contributed by atoms with Crippen molar-refractivity contribution < 1.29 is 5.11 Å². The van der Waals surface area contributed by atoms with E-state index in [1.165, 1.54) is 11.3 Å². The van der Waals surface area contributed by atoms with Gasteiger partial charge in [-0.2, -0.15) is 4.98 Å². The molecule has 0 bridgehead atoms. The van der Waals surface area contributed by atoms with Crippen molar-refractivity contribution in [3.63, 3.8) is 0 Å². The Hall–Kier alpha value is -0.660. The summed E-state index contributed by atoms with van der Waals surface area (Å²) in [5.74, 6) is 0.0506. The number of aromatic hydroxyl groups is 1. The van der Waals surface area contributed by atoms with Crippen LogP contribution in [-0.2, 0) is 0 Å². The maximum Gasteiger partial charge on any atom is 0.269 e. The first-order valence-corrected chi connectivity index (χ1v) is 6.27. The van der Waals surface area contributed by atoms with E-state index in [4.69, 9.17) is 0 Å². The summed E-state index contributed by atoms with van der Waals surface area (Å²) in [6.07, 6.45) is 0. The van der Waals surface area contributed by atoms with E-state index in [0.29, 0.717) is 5.82 Å². The minimum Gasteiger partial charge on any atom is -0.492 e. The zero-order chi connectivity index (χ0) is 11.0. The van der Waals surface area contributed by atoms with Crippen LogP contribution in [-0.4, -0.2) is 15.1 Å². The molecule has 0 amide bonds. The first-order valence-electron chi connectivity index (χ1n) is 3.81. The maximum atomic E-state index is 11.3. The van der Waals surface area contributed by atoms with Crippen molar-refractivity contribution in [3.05, 3.63) is 30.7 Å². The summed E-state index contributed by atoms with van der Waals surface area (Å²) < 4.78 is 0.953. The van der Waals surface area contributed by atoms with E-state index in [2.05, 4.69) is 41.8 Å². The fourth-order valence-electron chi connectivity index (χ4n) is 1.00. The second kappa shape index (κ2) is 4.07. The fraction of sp³-hybridized carbons (Fsp3) is 0. The largest absolute Gasteiger partial charge is 0.492 e. The molecule has 0 saturated carbocycles. The molecule has 2 aromatic rings. The molecular formula is C8H4Br2N2O2S. The number of hydrogen-bond acceptors (Lipinski definition) is 4. The Balaban J connectivity index is 2.60. The van der Waals surface area contributed by atoms with Crippen molar-refractivity contribution in [2.75, 3.05) is 0 Å². The van der Waals surface area contributed by atoms with Gasteiger partial charge in [0, 0.05) is 9.85 Å². The summed E-state index contributed by atoms with van der Waals surface area (Å²) >= 11 is 7.65. The second-order valence-electron chi connectivity index (χ2n) is 2.68. The Labute approximate surface area is 105 Å². The smallest absolute Gasteiger partial charge is 0.269 e. The van der Waals surface area contributed by atoms with E-state index in [-0.39, 0.29) is 10.4 Å². The Morgan fingerprint density at radius 1 is 1.47 bits per heavy atom. The second-order valence-corrected chi connectivity index (χ2v) is 5.30.